The van der Waals surface area contributed by atoms with E-state index in [1.165, 1.54) is 24.1 Å². The van der Waals surface area contributed by atoms with Crippen molar-refractivity contribution >= 4 is 5.95 Å². The molecule has 88 valence electrons. The molecular weight excluding hydrogens is 200 g/mol. The fourth-order valence-electron chi connectivity index (χ4n) is 2.08. The van der Waals surface area contributed by atoms with Crippen LogP contribution in [0.25, 0.3) is 0 Å². The van der Waals surface area contributed by atoms with E-state index in [4.69, 9.17) is 5.73 Å². The molecule has 0 unspecified atom stereocenters. The van der Waals surface area contributed by atoms with Crippen molar-refractivity contribution in [1.82, 2.24) is 9.97 Å². The van der Waals surface area contributed by atoms with E-state index in [1.54, 1.807) is 0 Å². The molecule has 4 heteroatoms. The standard InChI is InChI=1S/C12H20N4/c1-16(8-4-7-13)12-14-9-10-5-2-3-6-11(10)15-12/h9H,2-8,13H2,1H3. The van der Waals surface area contributed by atoms with Gasteiger partial charge in [-0.2, -0.15) is 0 Å². The predicted molar refractivity (Wildman–Crippen MR) is 65.6 cm³/mol. The van der Waals surface area contributed by atoms with Gasteiger partial charge in [0.25, 0.3) is 0 Å². The zero-order chi connectivity index (χ0) is 11.4. The summed E-state index contributed by atoms with van der Waals surface area (Å²) in [4.78, 5) is 11.1. The van der Waals surface area contributed by atoms with Crippen molar-refractivity contribution in [2.45, 2.75) is 32.1 Å². The maximum Gasteiger partial charge on any atom is 0.225 e. The first-order chi connectivity index (χ1) is 7.81. The number of rotatable bonds is 4. The van der Waals surface area contributed by atoms with Crippen molar-refractivity contribution < 1.29 is 0 Å². The van der Waals surface area contributed by atoms with Crippen molar-refractivity contribution in [2.24, 2.45) is 5.73 Å². The molecule has 2 N–H and O–H groups in total. The van der Waals surface area contributed by atoms with Gasteiger partial charge in [0.05, 0.1) is 0 Å². The Morgan fingerprint density at radius 2 is 2.19 bits per heavy atom. The number of fused-ring (bicyclic) bond motifs is 1. The second-order valence-electron chi connectivity index (χ2n) is 4.41. The highest BCUT2D eigenvalue weighted by molar-refractivity contribution is 5.33. The Kier molecular flexibility index (Phi) is 3.72. The molecule has 0 amide bonds. The van der Waals surface area contributed by atoms with E-state index in [0.29, 0.717) is 0 Å². The zero-order valence-electron chi connectivity index (χ0n) is 9.95. The van der Waals surface area contributed by atoms with E-state index in [1.807, 2.05) is 13.2 Å². The van der Waals surface area contributed by atoms with Gasteiger partial charge in [0.2, 0.25) is 5.95 Å². The zero-order valence-corrected chi connectivity index (χ0v) is 9.95. The third-order valence-corrected chi connectivity index (χ3v) is 3.09. The summed E-state index contributed by atoms with van der Waals surface area (Å²) in [5.41, 5.74) is 8.08. The van der Waals surface area contributed by atoms with E-state index >= 15 is 0 Å². The molecule has 0 spiro atoms. The molecule has 0 radical (unpaired) electrons. The lowest BCUT2D eigenvalue weighted by atomic mass is 9.98. The maximum atomic E-state index is 5.50. The predicted octanol–water partition coefficient (Wildman–Crippen LogP) is 1.14. The quantitative estimate of drug-likeness (QED) is 0.826. The van der Waals surface area contributed by atoms with Crippen molar-refractivity contribution in [2.75, 3.05) is 25.0 Å². The molecule has 0 atom stereocenters. The second kappa shape index (κ2) is 5.25. The molecule has 0 aliphatic heterocycles. The van der Waals surface area contributed by atoms with Crippen molar-refractivity contribution in [3.05, 3.63) is 17.5 Å². The summed E-state index contributed by atoms with van der Waals surface area (Å²) in [6.07, 6.45) is 7.76. The molecule has 4 nitrogen and oxygen atoms in total. The highest BCUT2D eigenvalue weighted by atomic mass is 15.2. The monoisotopic (exact) mass is 220 g/mol. The fourth-order valence-corrected chi connectivity index (χ4v) is 2.08. The van der Waals surface area contributed by atoms with E-state index in [2.05, 4.69) is 14.9 Å². The summed E-state index contributed by atoms with van der Waals surface area (Å²) in [6.45, 7) is 1.64. The minimum absolute atomic E-state index is 0.718. The van der Waals surface area contributed by atoms with Gasteiger partial charge in [-0.15, -0.1) is 0 Å². The lowest BCUT2D eigenvalue weighted by molar-refractivity contribution is 0.657. The van der Waals surface area contributed by atoms with Crippen LogP contribution in [-0.4, -0.2) is 30.1 Å². The number of hydrogen-bond donors (Lipinski definition) is 1. The Morgan fingerprint density at radius 3 is 3.00 bits per heavy atom. The Labute approximate surface area is 96.9 Å². The van der Waals surface area contributed by atoms with Gasteiger partial charge < -0.3 is 10.6 Å². The van der Waals surface area contributed by atoms with Crippen molar-refractivity contribution in [3.8, 4) is 0 Å². The van der Waals surface area contributed by atoms with E-state index in [-0.39, 0.29) is 0 Å². The first-order valence-electron chi connectivity index (χ1n) is 6.07. The number of aryl methyl sites for hydroxylation is 2. The molecule has 0 saturated carbocycles. The van der Waals surface area contributed by atoms with Crippen LogP contribution >= 0.6 is 0 Å². The van der Waals surface area contributed by atoms with Crippen LogP contribution in [0.2, 0.25) is 0 Å². The summed E-state index contributed by atoms with van der Waals surface area (Å²) in [5, 5.41) is 0. The first-order valence-corrected chi connectivity index (χ1v) is 6.07. The molecule has 0 fully saturated rings. The van der Waals surface area contributed by atoms with Gasteiger partial charge in [-0.3, -0.25) is 0 Å². The van der Waals surface area contributed by atoms with Crippen LogP contribution in [0.1, 0.15) is 30.5 Å². The summed E-state index contributed by atoms with van der Waals surface area (Å²) in [6, 6.07) is 0. The van der Waals surface area contributed by atoms with Crippen LogP contribution in [0.5, 0.6) is 0 Å². The van der Waals surface area contributed by atoms with Gasteiger partial charge in [-0.05, 0) is 44.2 Å². The maximum absolute atomic E-state index is 5.50. The Morgan fingerprint density at radius 1 is 1.38 bits per heavy atom. The number of nitrogens with zero attached hydrogens (tertiary/aromatic N) is 3. The van der Waals surface area contributed by atoms with Crippen LogP contribution < -0.4 is 10.6 Å². The van der Waals surface area contributed by atoms with E-state index in [0.717, 1.165) is 38.3 Å². The normalized spacial score (nSPS) is 14.6. The van der Waals surface area contributed by atoms with Gasteiger partial charge in [-0.1, -0.05) is 0 Å². The topological polar surface area (TPSA) is 55.0 Å². The molecule has 1 aromatic heterocycles. The third-order valence-electron chi connectivity index (χ3n) is 3.09. The van der Waals surface area contributed by atoms with Crippen LogP contribution in [0.3, 0.4) is 0 Å². The second-order valence-corrected chi connectivity index (χ2v) is 4.41. The molecule has 0 bridgehead atoms. The fraction of sp³-hybridized carbons (Fsp3) is 0.667. The summed E-state index contributed by atoms with van der Waals surface area (Å²) in [5.74, 6) is 0.842. The van der Waals surface area contributed by atoms with Crippen LogP contribution in [-0.2, 0) is 12.8 Å². The van der Waals surface area contributed by atoms with Crippen molar-refractivity contribution in [3.63, 3.8) is 0 Å². The average Bonchev–Trinajstić information content (AvgIpc) is 2.35. The minimum Gasteiger partial charge on any atom is -0.344 e. The molecule has 16 heavy (non-hydrogen) atoms. The number of hydrogen-bond acceptors (Lipinski definition) is 4. The lowest BCUT2D eigenvalue weighted by Gasteiger charge is -2.20. The first kappa shape index (κ1) is 11.3. The molecule has 0 aromatic carbocycles. The molecule has 1 aromatic rings. The summed E-state index contributed by atoms with van der Waals surface area (Å²) < 4.78 is 0. The molecule has 1 aliphatic rings. The summed E-state index contributed by atoms with van der Waals surface area (Å²) in [7, 11) is 2.03. The molecule has 0 saturated heterocycles. The Bertz CT molecular complexity index is 351. The molecule has 2 rings (SSSR count). The average molecular weight is 220 g/mol. The van der Waals surface area contributed by atoms with Gasteiger partial charge >= 0.3 is 0 Å². The minimum atomic E-state index is 0.718. The van der Waals surface area contributed by atoms with E-state index < -0.39 is 0 Å². The SMILES string of the molecule is CN(CCCN)c1ncc2c(n1)CCCC2. The number of anilines is 1. The Hall–Kier alpha value is -1.16. The Balaban J connectivity index is 2.10. The lowest BCUT2D eigenvalue weighted by Crippen LogP contribution is -2.24. The number of nitrogens with two attached hydrogens (primary N) is 1. The van der Waals surface area contributed by atoms with Gasteiger partial charge in [-0.25, -0.2) is 9.97 Å². The van der Waals surface area contributed by atoms with Crippen LogP contribution in [0.4, 0.5) is 5.95 Å². The summed E-state index contributed by atoms with van der Waals surface area (Å²) >= 11 is 0. The smallest absolute Gasteiger partial charge is 0.225 e. The van der Waals surface area contributed by atoms with Gasteiger partial charge in [0.1, 0.15) is 0 Å². The highest BCUT2D eigenvalue weighted by Crippen LogP contribution is 2.20. The molecule has 1 aliphatic carbocycles. The van der Waals surface area contributed by atoms with Gasteiger partial charge in [0, 0.05) is 25.5 Å². The van der Waals surface area contributed by atoms with Gasteiger partial charge in [0.15, 0.2) is 0 Å². The van der Waals surface area contributed by atoms with E-state index in [9.17, 15) is 0 Å². The van der Waals surface area contributed by atoms with Crippen molar-refractivity contribution in [1.29, 1.82) is 0 Å². The molecule has 1 heterocycles. The van der Waals surface area contributed by atoms with Crippen LogP contribution in [0, 0.1) is 0 Å². The number of aromatic nitrogens is 2. The third kappa shape index (κ3) is 2.50. The van der Waals surface area contributed by atoms with Crippen LogP contribution in [0.15, 0.2) is 6.20 Å². The largest absolute Gasteiger partial charge is 0.344 e. The molecular formula is C12H20N4. The highest BCUT2D eigenvalue weighted by Gasteiger charge is 2.13.